The Morgan fingerprint density at radius 2 is 1.83 bits per heavy atom. The van der Waals surface area contributed by atoms with Crippen LogP contribution >= 0.6 is 11.6 Å². The number of carbonyl (C=O) groups excluding carboxylic acids is 1. The highest BCUT2D eigenvalue weighted by Crippen LogP contribution is 2.26. The molecule has 0 bridgehead atoms. The van der Waals surface area contributed by atoms with Gasteiger partial charge in [-0.2, -0.15) is 0 Å². The molecule has 1 amide bonds. The van der Waals surface area contributed by atoms with Crippen LogP contribution in [0.4, 0.5) is 10.1 Å². The van der Waals surface area contributed by atoms with Crippen molar-refractivity contribution in [3.63, 3.8) is 0 Å². The van der Waals surface area contributed by atoms with E-state index in [2.05, 4.69) is 10.3 Å². The fourth-order valence-corrected chi connectivity index (χ4v) is 2.42. The highest BCUT2D eigenvalue weighted by atomic mass is 35.5. The molecule has 24 heavy (non-hydrogen) atoms. The maximum absolute atomic E-state index is 14.3. The first-order valence-electron chi connectivity index (χ1n) is 7.04. The Balaban J connectivity index is 1.85. The number of phenolic OH excluding ortho intramolecular Hbond substituents is 1. The molecule has 0 saturated heterocycles. The molecule has 6 heteroatoms. The van der Waals surface area contributed by atoms with Crippen LogP contribution in [0.1, 0.15) is 10.4 Å². The molecule has 120 valence electrons. The van der Waals surface area contributed by atoms with Crippen LogP contribution in [0.5, 0.6) is 5.75 Å². The molecule has 0 atom stereocenters. The van der Waals surface area contributed by atoms with Crippen molar-refractivity contribution in [2.75, 3.05) is 5.32 Å². The second-order valence-electron chi connectivity index (χ2n) is 5.05. The lowest BCUT2D eigenvalue weighted by atomic mass is 10.1. The van der Waals surface area contributed by atoms with Crippen molar-refractivity contribution in [2.45, 2.75) is 0 Å². The molecular formula is C18H12ClFN2O2. The molecule has 0 fully saturated rings. The number of rotatable bonds is 3. The fraction of sp³-hybridized carbons (Fsp3) is 0. The summed E-state index contributed by atoms with van der Waals surface area (Å²) in [5.41, 5.74) is 1.38. The fourth-order valence-electron chi connectivity index (χ4n) is 2.25. The van der Waals surface area contributed by atoms with Crippen molar-refractivity contribution in [1.29, 1.82) is 0 Å². The second kappa shape index (κ2) is 6.68. The Morgan fingerprint density at radius 1 is 1.08 bits per heavy atom. The lowest BCUT2D eigenvalue weighted by molar-refractivity contribution is 0.102. The first-order valence-corrected chi connectivity index (χ1v) is 7.42. The van der Waals surface area contributed by atoms with Crippen LogP contribution in [-0.4, -0.2) is 16.0 Å². The van der Waals surface area contributed by atoms with Gasteiger partial charge in [0, 0.05) is 28.7 Å². The highest BCUT2D eigenvalue weighted by molar-refractivity contribution is 6.31. The number of benzene rings is 2. The summed E-state index contributed by atoms with van der Waals surface area (Å²) in [7, 11) is 0. The minimum atomic E-state index is -0.578. The standard InChI is InChI=1S/C18H12ClFN2O2/c19-12-1-4-17(23)15(9-12)18(24)22-13-2-3-14(16(20)10-13)11-5-7-21-8-6-11/h1-10,23H,(H,22,24). The van der Waals surface area contributed by atoms with E-state index in [4.69, 9.17) is 11.6 Å². The Hall–Kier alpha value is -2.92. The number of halogens is 2. The van der Waals surface area contributed by atoms with Crippen LogP contribution < -0.4 is 5.32 Å². The molecule has 0 radical (unpaired) electrons. The normalized spacial score (nSPS) is 10.4. The number of hydrogen-bond acceptors (Lipinski definition) is 3. The quantitative estimate of drug-likeness (QED) is 0.736. The second-order valence-corrected chi connectivity index (χ2v) is 5.48. The van der Waals surface area contributed by atoms with E-state index in [1.54, 1.807) is 36.7 Å². The number of nitrogens with one attached hydrogen (secondary N) is 1. The monoisotopic (exact) mass is 342 g/mol. The lowest BCUT2D eigenvalue weighted by Crippen LogP contribution is -2.12. The van der Waals surface area contributed by atoms with Crippen molar-refractivity contribution < 1.29 is 14.3 Å². The van der Waals surface area contributed by atoms with Crippen LogP contribution in [0.15, 0.2) is 60.9 Å². The highest BCUT2D eigenvalue weighted by Gasteiger charge is 2.13. The Bertz CT molecular complexity index is 901. The van der Waals surface area contributed by atoms with Crippen molar-refractivity contribution in [3.05, 3.63) is 77.3 Å². The summed E-state index contributed by atoms with van der Waals surface area (Å²) in [6.45, 7) is 0. The molecule has 3 rings (SSSR count). The summed E-state index contributed by atoms with van der Waals surface area (Å²) in [6.07, 6.45) is 3.15. The number of carbonyl (C=O) groups is 1. The number of phenols is 1. The van der Waals surface area contributed by atoms with E-state index in [0.717, 1.165) is 0 Å². The van der Waals surface area contributed by atoms with E-state index in [9.17, 15) is 14.3 Å². The number of hydrogen-bond donors (Lipinski definition) is 2. The summed E-state index contributed by atoms with van der Waals surface area (Å²) in [4.78, 5) is 16.1. The third-order valence-corrected chi connectivity index (χ3v) is 3.66. The van der Waals surface area contributed by atoms with Crippen LogP contribution in [0.3, 0.4) is 0 Å². The number of amides is 1. The predicted octanol–water partition coefficient (Wildman–Crippen LogP) is 4.50. The molecule has 1 heterocycles. The maximum Gasteiger partial charge on any atom is 0.259 e. The minimum absolute atomic E-state index is 0.0149. The van der Waals surface area contributed by atoms with E-state index >= 15 is 0 Å². The van der Waals surface area contributed by atoms with Gasteiger partial charge in [-0.1, -0.05) is 11.6 Å². The molecule has 0 aliphatic heterocycles. The maximum atomic E-state index is 14.3. The molecule has 1 aromatic heterocycles. The Morgan fingerprint density at radius 3 is 2.54 bits per heavy atom. The Kier molecular flexibility index (Phi) is 4.44. The third-order valence-electron chi connectivity index (χ3n) is 3.42. The minimum Gasteiger partial charge on any atom is -0.507 e. The molecule has 3 aromatic rings. The number of nitrogens with zero attached hydrogens (tertiary/aromatic N) is 1. The lowest BCUT2D eigenvalue weighted by Gasteiger charge is -2.09. The number of pyridine rings is 1. The zero-order valence-corrected chi connectivity index (χ0v) is 13.1. The molecule has 0 spiro atoms. The molecule has 0 aliphatic carbocycles. The van der Waals surface area contributed by atoms with Gasteiger partial charge >= 0.3 is 0 Å². The first kappa shape index (κ1) is 16.0. The zero-order valence-electron chi connectivity index (χ0n) is 12.3. The molecule has 0 aliphatic rings. The topological polar surface area (TPSA) is 62.2 Å². The van der Waals surface area contributed by atoms with Crippen molar-refractivity contribution in [1.82, 2.24) is 4.98 Å². The molecular weight excluding hydrogens is 331 g/mol. The van der Waals surface area contributed by atoms with Crippen LogP contribution in [0.2, 0.25) is 5.02 Å². The largest absolute Gasteiger partial charge is 0.507 e. The third kappa shape index (κ3) is 3.36. The van der Waals surface area contributed by atoms with Gasteiger partial charge in [-0.25, -0.2) is 4.39 Å². The summed E-state index contributed by atoms with van der Waals surface area (Å²) in [5, 5.41) is 12.6. The van der Waals surface area contributed by atoms with Crippen LogP contribution in [0.25, 0.3) is 11.1 Å². The van der Waals surface area contributed by atoms with Crippen molar-refractivity contribution >= 4 is 23.2 Å². The smallest absolute Gasteiger partial charge is 0.259 e. The zero-order chi connectivity index (χ0) is 17.1. The van der Waals surface area contributed by atoms with E-state index in [1.807, 2.05) is 0 Å². The van der Waals surface area contributed by atoms with Gasteiger partial charge < -0.3 is 10.4 Å². The SMILES string of the molecule is O=C(Nc1ccc(-c2ccncc2)c(F)c1)c1cc(Cl)ccc1O. The Labute approximate surface area is 142 Å². The van der Waals surface area contributed by atoms with Gasteiger partial charge in [0.15, 0.2) is 0 Å². The predicted molar refractivity (Wildman–Crippen MR) is 90.7 cm³/mol. The van der Waals surface area contributed by atoms with Crippen molar-refractivity contribution in [3.8, 4) is 16.9 Å². The first-order chi connectivity index (χ1) is 11.5. The van der Waals surface area contributed by atoms with Crippen molar-refractivity contribution in [2.24, 2.45) is 0 Å². The van der Waals surface area contributed by atoms with E-state index in [0.29, 0.717) is 16.1 Å². The molecule has 4 nitrogen and oxygen atoms in total. The molecule has 0 unspecified atom stereocenters. The summed E-state index contributed by atoms with van der Waals surface area (Å²) >= 11 is 5.82. The van der Waals surface area contributed by atoms with Gasteiger partial charge in [0.2, 0.25) is 0 Å². The van der Waals surface area contributed by atoms with Gasteiger partial charge in [0.25, 0.3) is 5.91 Å². The van der Waals surface area contributed by atoms with Gasteiger partial charge in [0.1, 0.15) is 11.6 Å². The molecule has 2 aromatic carbocycles. The van der Waals surface area contributed by atoms with E-state index in [1.165, 1.54) is 24.3 Å². The number of aromatic hydroxyl groups is 1. The van der Waals surface area contributed by atoms with E-state index < -0.39 is 11.7 Å². The number of anilines is 1. The summed E-state index contributed by atoms with van der Waals surface area (Å²) < 4.78 is 14.3. The van der Waals surface area contributed by atoms with Gasteiger partial charge in [-0.15, -0.1) is 0 Å². The van der Waals surface area contributed by atoms with Gasteiger partial charge in [-0.3, -0.25) is 9.78 Å². The van der Waals surface area contributed by atoms with Crippen LogP contribution in [-0.2, 0) is 0 Å². The van der Waals surface area contributed by atoms with Gasteiger partial charge in [0.05, 0.1) is 5.56 Å². The van der Waals surface area contributed by atoms with E-state index in [-0.39, 0.29) is 17.0 Å². The van der Waals surface area contributed by atoms with Gasteiger partial charge in [-0.05, 0) is 54.1 Å². The van der Waals surface area contributed by atoms with Crippen LogP contribution in [0, 0.1) is 5.82 Å². The molecule has 0 saturated carbocycles. The average molecular weight is 343 g/mol. The molecule has 2 N–H and O–H groups in total. The average Bonchev–Trinajstić information content (AvgIpc) is 2.58. The summed E-state index contributed by atoms with van der Waals surface area (Å²) in [6, 6.07) is 11.9. The summed E-state index contributed by atoms with van der Waals surface area (Å²) in [5.74, 6) is -1.26. The number of aromatic nitrogens is 1.